The fourth-order valence-corrected chi connectivity index (χ4v) is 2.80. The lowest BCUT2D eigenvalue weighted by atomic mass is 9.96. The van der Waals surface area contributed by atoms with Gasteiger partial charge in [-0.2, -0.15) is 0 Å². The zero-order chi connectivity index (χ0) is 13.1. The minimum absolute atomic E-state index is 0.193. The summed E-state index contributed by atoms with van der Waals surface area (Å²) in [6.07, 6.45) is 4.53. The number of nitrogens with one attached hydrogen (secondary N) is 1. The van der Waals surface area contributed by atoms with Gasteiger partial charge in [0.15, 0.2) is 0 Å². The van der Waals surface area contributed by atoms with Crippen LogP contribution in [0.3, 0.4) is 0 Å². The molecular formula is C16H22N2O. The predicted octanol–water partition coefficient (Wildman–Crippen LogP) is 2.18. The summed E-state index contributed by atoms with van der Waals surface area (Å²) in [5.74, 6) is 0.471. The number of carbonyl (C=O) groups is 1. The summed E-state index contributed by atoms with van der Waals surface area (Å²) >= 11 is 0. The Morgan fingerprint density at radius 3 is 2.74 bits per heavy atom. The van der Waals surface area contributed by atoms with E-state index < -0.39 is 0 Å². The Morgan fingerprint density at radius 2 is 2.00 bits per heavy atom. The van der Waals surface area contributed by atoms with Gasteiger partial charge in [-0.3, -0.25) is 9.69 Å². The van der Waals surface area contributed by atoms with Gasteiger partial charge in [0.05, 0.1) is 5.92 Å². The SMILES string of the molecule is O=C(NC1CC1)C1CCCN(Cc2ccccc2)C1. The van der Waals surface area contributed by atoms with E-state index in [0.29, 0.717) is 6.04 Å². The van der Waals surface area contributed by atoms with E-state index in [0.717, 1.165) is 32.5 Å². The van der Waals surface area contributed by atoms with Gasteiger partial charge in [-0.05, 0) is 37.8 Å². The van der Waals surface area contributed by atoms with Crippen molar-refractivity contribution in [1.82, 2.24) is 10.2 Å². The van der Waals surface area contributed by atoms with E-state index in [2.05, 4.69) is 34.5 Å². The lowest BCUT2D eigenvalue weighted by Gasteiger charge is -2.32. The first kappa shape index (κ1) is 12.7. The standard InChI is InChI=1S/C16H22N2O/c19-16(17-15-8-9-15)14-7-4-10-18(12-14)11-13-5-2-1-3-6-13/h1-3,5-6,14-15H,4,7-12H2,(H,17,19). The lowest BCUT2D eigenvalue weighted by Crippen LogP contribution is -2.43. The summed E-state index contributed by atoms with van der Waals surface area (Å²) in [6, 6.07) is 11.0. The fraction of sp³-hybridized carbons (Fsp3) is 0.562. The summed E-state index contributed by atoms with van der Waals surface area (Å²) < 4.78 is 0. The summed E-state index contributed by atoms with van der Waals surface area (Å²) in [5.41, 5.74) is 1.34. The maximum absolute atomic E-state index is 12.1. The van der Waals surface area contributed by atoms with Gasteiger partial charge in [0, 0.05) is 19.1 Å². The summed E-state index contributed by atoms with van der Waals surface area (Å²) in [7, 11) is 0. The van der Waals surface area contributed by atoms with Crippen molar-refractivity contribution in [3.05, 3.63) is 35.9 Å². The summed E-state index contributed by atoms with van der Waals surface area (Å²) in [6.45, 7) is 2.99. The van der Waals surface area contributed by atoms with Gasteiger partial charge in [-0.25, -0.2) is 0 Å². The molecule has 1 amide bonds. The monoisotopic (exact) mass is 258 g/mol. The van der Waals surface area contributed by atoms with Gasteiger partial charge in [-0.15, -0.1) is 0 Å². The van der Waals surface area contributed by atoms with Gasteiger partial charge in [0.1, 0.15) is 0 Å². The lowest BCUT2D eigenvalue weighted by molar-refractivity contribution is -0.126. The Morgan fingerprint density at radius 1 is 1.21 bits per heavy atom. The molecular weight excluding hydrogens is 236 g/mol. The molecule has 3 nitrogen and oxygen atoms in total. The van der Waals surface area contributed by atoms with Crippen molar-refractivity contribution in [2.45, 2.75) is 38.3 Å². The highest BCUT2D eigenvalue weighted by Crippen LogP contribution is 2.22. The van der Waals surface area contributed by atoms with Crippen LogP contribution in [0.1, 0.15) is 31.2 Å². The van der Waals surface area contributed by atoms with Crippen LogP contribution in [0.4, 0.5) is 0 Å². The molecule has 0 spiro atoms. The van der Waals surface area contributed by atoms with Crippen molar-refractivity contribution in [1.29, 1.82) is 0 Å². The molecule has 19 heavy (non-hydrogen) atoms. The van der Waals surface area contributed by atoms with Gasteiger partial charge in [-0.1, -0.05) is 30.3 Å². The van der Waals surface area contributed by atoms with Gasteiger partial charge in [0.2, 0.25) is 5.91 Å². The molecule has 1 heterocycles. The van der Waals surface area contributed by atoms with E-state index in [1.165, 1.54) is 18.4 Å². The van der Waals surface area contributed by atoms with Crippen molar-refractivity contribution in [2.75, 3.05) is 13.1 Å². The van der Waals surface area contributed by atoms with Crippen molar-refractivity contribution >= 4 is 5.91 Å². The number of hydrogen-bond donors (Lipinski definition) is 1. The average Bonchev–Trinajstić information content (AvgIpc) is 3.24. The van der Waals surface area contributed by atoms with Crippen molar-refractivity contribution in [2.24, 2.45) is 5.92 Å². The van der Waals surface area contributed by atoms with Crippen LogP contribution in [0, 0.1) is 5.92 Å². The van der Waals surface area contributed by atoms with Gasteiger partial charge < -0.3 is 5.32 Å². The third kappa shape index (κ3) is 3.57. The third-order valence-corrected chi connectivity index (χ3v) is 4.05. The Kier molecular flexibility index (Phi) is 3.83. The molecule has 0 radical (unpaired) electrons. The van der Waals surface area contributed by atoms with Crippen molar-refractivity contribution in [3.8, 4) is 0 Å². The maximum atomic E-state index is 12.1. The second-order valence-corrected chi connectivity index (χ2v) is 5.84. The molecule has 1 unspecified atom stereocenters. The van der Waals surface area contributed by atoms with Gasteiger partial charge >= 0.3 is 0 Å². The average molecular weight is 258 g/mol. The van der Waals surface area contributed by atoms with E-state index in [9.17, 15) is 4.79 Å². The normalized spacial score (nSPS) is 24.1. The highest BCUT2D eigenvalue weighted by molar-refractivity contribution is 5.79. The van der Waals surface area contributed by atoms with Crippen molar-refractivity contribution in [3.63, 3.8) is 0 Å². The van der Waals surface area contributed by atoms with Crippen LogP contribution < -0.4 is 5.32 Å². The molecule has 3 heteroatoms. The highest BCUT2D eigenvalue weighted by Gasteiger charge is 2.30. The minimum atomic E-state index is 0.193. The van der Waals surface area contributed by atoms with Crippen molar-refractivity contribution < 1.29 is 4.79 Å². The molecule has 1 aliphatic carbocycles. The number of amides is 1. The minimum Gasteiger partial charge on any atom is -0.353 e. The number of nitrogens with zero attached hydrogens (tertiary/aromatic N) is 1. The molecule has 1 saturated carbocycles. The first-order valence-corrected chi connectivity index (χ1v) is 7.38. The summed E-state index contributed by atoms with van der Waals surface area (Å²) in [5, 5.41) is 3.14. The van der Waals surface area contributed by atoms with Crippen LogP contribution in [-0.4, -0.2) is 29.9 Å². The molecule has 2 fully saturated rings. The second kappa shape index (κ2) is 5.74. The molecule has 0 aromatic heterocycles. The third-order valence-electron chi connectivity index (χ3n) is 4.05. The first-order chi connectivity index (χ1) is 9.31. The molecule has 1 aromatic rings. The van der Waals surface area contributed by atoms with E-state index in [1.807, 2.05) is 6.07 Å². The molecule has 1 atom stereocenters. The molecule has 1 saturated heterocycles. The largest absolute Gasteiger partial charge is 0.353 e. The van der Waals surface area contributed by atoms with Crippen LogP contribution in [0.25, 0.3) is 0 Å². The molecule has 2 aliphatic rings. The van der Waals surface area contributed by atoms with E-state index >= 15 is 0 Å². The number of carbonyl (C=O) groups excluding carboxylic acids is 1. The Bertz CT molecular complexity index is 428. The predicted molar refractivity (Wildman–Crippen MR) is 75.6 cm³/mol. The van der Waals surface area contributed by atoms with Gasteiger partial charge in [0.25, 0.3) is 0 Å². The maximum Gasteiger partial charge on any atom is 0.224 e. The smallest absolute Gasteiger partial charge is 0.224 e. The molecule has 3 rings (SSSR count). The van der Waals surface area contributed by atoms with Crippen LogP contribution in [0.15, 0.2) is 30.3 Å². The van der Waals surface area contributed by atoms with E-state index in [4.69, 9.17) is 0 Å². The van der Waals surface area contributed by atoms with Crippen LogP contribution in [0.2, 0.25) is 0 Å². The molecule has 1 aromatic carbocycles. The fourth-order valence-electron chi connectivity index (χ4n) is 2.80. The quantitative estimate of drug-likeness (QED) is 0.897. The van der Waals surface area contributed by atoms with E-state index in [-0.39, 0.29) is 11.8 Å². The number of likely N-dealkylation sites (tertiary alicyclic amines) is 1. The molecule has 1 N–H and O–H groups in total. The molecule has 1 aliphatic heterocycles. The Labute approximate surface area is 115 Å². The zero-order valence-electron chi connectivity index (χ0n) is 11.3. The number of benzene rings is 1. The highest BCUT2D eigenvalue weighted by atomic mass is 16.2. The first-order valence-electron chi connectivity index (χ1n) is 7.38. The second-order valence-electron chi connectivity index (χ2n) is 5.84. The topological polar surface area (TPSA) is 32.3 Å². The zero-order valence-corrected chi connectivity index (χ0v) is 11.3. The van der Waals surface area contributed by atoms with E-state index in [1.54, 1.807) is 0 Å². The molecule has 102 valence electrons. The van der Waals surface area contributed by atoms with Crippen LogP contribution >= 0.6 is 0 Å². The van der Waals surface area contributed by atoms with Crippen LogP contribution in [0.5, 0.6) is 0 Å². The Hall–Kier alpha value is -1.35. The Balaban J connectivity index is 1.53. The number of hydrogen-bond acceptors (Lipinski definition) is 2. The summed E-state index contributed by atoms with van der Waals surface area (Å²) in [4.78, 5) is 14.5. The molecule has 0 bridgehead atoms. The van der Waals surface area contributed by atoms with Crippen LogP contribution in [-0.2, 0) is 11.3 Å². The number of rotatable bonds is 4. The number of piperidine rings is 1.